The Labute approximate surface area is 132 Å². The molecule has 0 bridgehead atoms. The molecule has 1 unspecified atom stereocenters. The van der Waals surface area contributed by atoms with Gasteiger partial charge < -0.3 is 14.4 Å². The Morgan fingerprint density at radius 2 is 2.24 bits per heavy atom. The zero-order valence-corrected chi connectivity index (χ0v) is 12.8. The summed E-state index contributed by atoms with van der Waals surface area (Å²) in [5.74, 6) is -0.775. The van der Waals surface area contributed by atoms with E-state index in [1.807, 2.05) is 0 Å². The quantitative estimate of drug-likeness (QED) is 0.857. The smallest absolute Gasteiger partial charge is 0.344 e. The van der Waals surface area contributed by atoms with Gasteiger partial charge in [0.05, 0.1) is 19.5 Å². The molecule has 1 aromatic carbocycles. The largest absolute Gasteiger partial charge is 0.464 e. The van der Waals surface area contributed by atoms with Crippen molar-refractivity contribution in [1.29, 1.82) is 0 Å². The van der Waals surface area contributed by atoms with E-state index in [0.29, 0.717) is 5.02 Å². The number of benzene rings is 1. The minimum atomic E-state index is -1.92. The monoisotopic (exact) mass is 328 g/mol. The van der Waals surface area contributed by atoms with Gasteiger partial charge in [0.25, 0.3) is 0 Å². The van der Waals surface area contributed by atoms with Crippen LogP contribution in [0.3, 0.4) is 0 Å². The summed E-state index contributed by atoms with van der Waals surface area (Å²) < 4.78 is 6.55. The Kier molecular flexibility index (Phi) is 4.88. The van der Waals surface area contributed by atoms with Gasteiger partial charge in [-0.2, -0.15) is 0 Å². The van der Waals surface area contributed by atoms with Crippen LogP contribution in [0.2, 0.25) is 10.0 Å². The van der Waals surface area contributed by atoms with Gasteiger partial charge in [0.2, 0.25) is 5.60 Å². The lowest BCUT2D eigenvalue weighted by molar-refractivity contribution is -0.168. The molecule has 0 radical (unpaired) electrons. The molecule has 5 nitrogen and oxygen atoms in total. The standard InChI is InChI=1S/C14H14Cl2N2O3/c1-2-21-13(19)14(20,8-18-6-5-17-9-18)11-4-3-10(15)7-12(11)16/h3-7,9,20H,2,8H2,1H3. The summed E-state index contributed by atoms with van der Waals surface area (Å²) in [6.07, 6.45) is 4.68. The molecule has 21 heavy (non-hydrogen) atoms. The molecule has 1 N–H and O–H groups in total. The number of imidazole rings is 1. The van der Waals surface area contributed by atoms with Crippen LogP contribution in [0.1, 0.15) is 12.5 Å². The average molecular weight is 329 g/mol. The maximum Gasteiger partial charge on any atom is 0.344 e. The number of halogens is 2. The maximum atomic E-state index is 12.2. The van der Waals surface area contributed by atoms with E-state index in [1.54, 1.807) is 30.0 Å². The van der Waals surface area contributed by atoms with Crippen LogP contribution in [-0.2, 0) is 21.7 Å². The van der Waals surface area contributed by atoms with Gasteiger partial charge in [0.15, 0.2) is 0 Å². The Morgan fingerprint density at radius 3 is 2.81 bits per heavy atom. The van der Waals surface area contributed by atoms with Gasteiger partial charge in [-0.15, -0.1) is 0 Å². The highest BCUT2D eigenvalue weighted by molar-refractivity contribution is 6.35. The molecule has 1 atom stereocenters. The van der Waals surface area contributed by atoms with Crippen molar-refractivity contribution in [2.75, 3.05) is 6.61 Å². The molecule has 0 spiro atoms. The zero-order chi connectivity index (χ0) is 15.5. The van der Waals surface area contributed by atoms with Crippen LogP contribution in [0.25, 0.3) is 0 Å². The summed E-state index contributed by atoms with van der Waals surface area (Å²) in [6, 6.07) is 4.54. The molecule has 2 rings (SSSR count). The Balaban J connectivity index is 2.46. The third-order valence-corrected chi connectivity index (χ3v) is 3.51. The number of esters is 1. The number of aliphatic hydroxyl groups is 1. The highest BCUT2D eigenvalue weighted by Crippen LogP contribution is 2.33. The number of rotatable bonds is 5. The molecule has 7 heteroatoms. The van der Waals surface area contributed by atoms with Crippen LogP contribution in [-0.4, -0.2) is 27.2 Å². The SMILES string of the molecule is CCOC(=O)C(O)(Cn1ccnc1)c1ccc(Cl)cc1Cl. The number of aromatic nitrogens is 2. The number of carbonyl (C=O) groups excluding carboxylic acids is 1. The Hall–Kier alpha value is -1.56. The van der Waals surface area contributed by atoms with Crippen molar-refractivity contribution >= 4 is 29.2 Å². The first-order chi connectivity index (χ1) is 9.97. The van der Waals surface area contributed by atoms with Gasteiger partial charge >= 0.3 is 5.97 Å². The molecule has 0 amide bonds. The zero-order valence-electron chi connectivity index (χ0n) is 11.3. The fourth-order valence-corrected chi connectivity index (χ4v) is 2.54. The topological polar surface area (TPSA) is 64.3 Å². The van der Waals surface area contributed by atoms with Crippen LogP contribution in [0.15, 0.2) is 36.9 Å². The van der Waals surface area contributed by atoms with E-state index in [-0.39, 0.29) is 23.7 Å². The maximum absolute atomic E-state index is 12.2. The molecule has 0 aliphatic carbocycles. The fourth-order valence-electron chi connectivity index (χ4n) is 1.98. The summed E-state index contributed by atoms with van der Waals surface area (Å²) >= 11 is 12.0. The first kappa shape index (κ1) is 15.8. The van der Waals surface area contributed by atoms with Crippen molar-refractivity contribution in [2.24, 2.45) is 0 Å². The fraction of sp³-hybridized carbons (Fsp3) is 0.286. The van der Waals surface area contributed by atoms with Crippen molar-refractivity contribution in [1.82, 2.24) is 9.55 Å². The minimum Gasteiger partial charge on any atom is -0.464 e. The van der Waals surface area contributed by atoms with Crippen LogP contribution in [0.4, 0.5) is 0 Å². The lowest BCUT2D eigenvalue weighted by Gasteiger charge is -2.27. The number of nitrogens with zero attached hydrogens (tertiary/aromatic N) is 2. The van der Waals surface area contributed by atoms with Crippen molar-refractivity contribution in [2.45, 2.75) is 19.1 Å². The van der Waals surface area contributed by atoms with Crippen LogP contribution in [0.5, 0.6) is 0 Å². The van der Waals surface area contributed by atoms with E-state index in [9.17, 15) is 9.90 Å². The van der Waals surface area contributed by atoms with E-state index in [2.05, 4.69) is 4.98 Å². The second-order valence-electron chi connectivity index (χ2n) is 4.44. The molecule has 2 aromatic rings. The Bertz CT molecular complexity index is 631. The van der Waals surface area contributed by atoms with Gasteiger partial charge in [0, 0.05) is 28.0 Å². The first-order valence-electron chi connectivity index (χ1n) is 6.28. The molecular formula is C14H14Cl2N2O3. The molecule has 0 saturated heterocycles. The Morgan fingerprint density at radius 1 is 1.48 bits per heavy atom. The number of carbonyl (C=O) groups is 1. The van der Waals surface area contributed by atoms with Crippen molar-refractivity contribution in [3.05, 3.63) is 52.5 Å². The van der Waals surface area contributed by atoms with Gasteiger partial charge in [0.1, 0.15) is 0 Å². The van der Waals surface area contributed by atoms with Gasteiger partial charge in [-0.1, -0.05) is 29.3 Å². The third-order valence-electron chi connectivity index (χ3n) is 2.96. The number of hydrogen-bond donors (Lipinski definition) is 1. The summed E-state index contributed by atoms with van der Waals surface area (Å²) in [6.45, 7) is 1.75. The second-order valence-corrected chi connectivity index (χ2v) is 5.28. The van der Waals surface area contributed by atoms with Crippen molar-refractivity contribution < 1.29 is 14.6 Å². The molecule has 1 aromatic heterocycles. The second kappa shape index (κ2) is 6.47. The first-order valence-corrected chi connectivity index (χ1v) is 7.04. The number of ether oxygens (including phenoxy) is 1. The average Bonchev–Trinajstić information content (AvgIpc) is 2.91. The lowest BCUT2D eigenvalue weighted by atomic mass is 9.93. The lowest BCUT2D eigenvalue weighted by Crippen LogP contribution is -2.41. The minimum absolute atomic E-state index is 0.0623. The highest BCUT2D eigenvalue weighted by atomic mass is 35.5. The van der Waals surface area contributed by atoms with E-state index in [1.165, 1.54) is 18.5 Å². The molecule has 112 valence electrons. The van der Waals surface area contributed by atoms with Gasteiger partial charge in [-0.25, -0.2) is 9.78 Å². The normalized spacial score (nSPS) is 13.7. The van der Waals surface area contributed by atoms with Gasteiger partial charge in [-0.05, 0) is 19.1 Å². The van der Waals surface area contributed by atoms with Crippen LogP contribution in [0, 0.1) is 0 Å². The molecule has 0 fully saturated rings. The third kappa shape index (κ3) is 3.37. The highest BCUT2D eigenvalue weighted by Gasteiger charge is 2.41. The summed E-state index contributed by atoms with van der Waals surface area (Å²) in [5, 5.41) is 11.5. The van der Waals surface area contributed by atoms with Gasteiger partial charge in [-0.3, -0.25) is 0 Å². The van der Waals surface area contributed by atoms with E-state index < -0.39 is 11.6 Å². The van der Waals surface area contributed by atoms with Crippen LogP contribution >= 0.6 is 23.2 Å². The number of hydrogen-bond acceptors (Lipinski definition) is 4. The summed E-state index contributed by atoms with van der Waals surface area (Å²) in [4.78, 5) is 16.1. The summed E-state index contributed by atoms with van der Waals surface area (Å²) in [7, 11) is 0. The van der Waals surface area contributed by atoms with Crippen molar-refractivity contribution in [3.8, 4) is 0 Å². The van der Waals surface area contributed by atoms with E-state index in [4.69, 9.17) is 27.9 Å². The predicted octanol–water partition coefficient (Wildman–Crippen LogP) is 2.64. The van der Waals surface area contributed by atoms with Crippen molar-refractivity contribution in [3.63, 3.8) is 0 Å². The summed E-state index contributed by atoms with van der Waals surface area (Å²) in [5.41, 5.74) is -1.68. The molecule has 0 saturated carbocycles. The molecule has 0 aliphatic heterocycles. The van der Waals surface area contributed by atoms with E-state index in [0.717, 1.165) is 0 Å². The molecular weight excluding hydrogens is 315 g/mol. The van der Waals surface area contributed by atoms with Crippen LogP contribution < -0.4 is 0 Å². The molecule has 1 heterocycles. The van der Waals surface area contributed by atoms with E-state index >= 15 is 0 Å². The molecule has 0 aliphatic rings. The predicted molar refractivity (Wildman–Crippen MR) is 79.2 cm³/mol.